The first-order chi connectivity index (χ1) is 13.1. The number of nitrogens with one attached hydrogen (secondary N) is 1. The van der Waals surface area contributed by atoms with Gasteiger partial charge in [-0.15, -0.1) is 0 Å². The molecule has 0 saturated heterocycles. The predicted molar refractivity (Wildman–Crippen MR) is 108 cm³/mol. The summed E-state index contributed by atoms with van der Waals surface area (Å²) >= 11 is 1.40. The highest BCUT2D eigenvalue weighted by Crippen LogP contribution is 2.27. The van der Waals surface area contributed by atoms with Gasteiger partial charge >= 0.3 is 0 Å². The summed E-state index contributed by atoms with van der Waals surface area (Å²) in [4.78, 5) is 16.3. The van der Waals surface area contributed by atoms with Gasteiger partial charge in [-0.2, -0.15) is 5.10 Å². The van der Waals surface area contributed by atoms with Gasteiger partial charge in [0.15, 0.2) is 16.6 Å². The number of carbonyl (C=O) groups is 1. The van der Waals surface area contributed by atoms with E-state index in [4.69, 9.17) is 15.2 Å². The molecule has 0 aliphatic carbocycles. The van der Waals surface area contributed by atoms with E-state index in [0.717, 1.165) is 21.3 Å². The number of anilines is 1. The summed E-state index contributed by atoms with van der Waals surface area (Å²) in [6, 6.07) is 11.1. The number of carbonyl (C=O) groups excluding carboxylic acids is 1. The standard InChI is InChI=1S/C19H20N4O3S/c1-3-26-16-8-13(5-7-15(16)25-2)11-21-23-18(24)10-12-4-6-14-17(9-12)27-19(20)22-14/h4-9,11H,3,10H2,1-2H3,(H2,20,22)(H,23,24)/b21-11-. The monoisotopic (exact) mass is 384 g/mol. The fourth-order valence-electron chi connectivity index (χ4n) is 2.54. The van der Waals surface area contributed by atoms with Crippen molar-refractivity contribution in [2.75, 3.05) is 19.5 Å². The number of nitrogens with zero attached hydrogens (tertiary/aromatic N) is 2. The number of rotatable bonds is 7. The molecule has 3 rings (SSSR count). The van der Waals surface area contributed by atoms with Crippen LogP contribution >= 0.6 is 11.3 Å². The second-order valence-corrected chi connectivity index (χ2v) is 6.73. The van der Waals surface area contributed by atoms with E-state index in [9.17, 15) is 4.79 Å². The summed E-state index contributed by atoms with van der Waals surface area (Å²) in [6.07, 6.45) is 1.78. The fraction of sp³-hybridized carbons (Fsp3) is 0.211. The summed E-state index contributed by atoms with van der Waals surface area (Å²) in [5.41, 5.74) is 10.7. The Labute approximate surface area is 160 Å². The van der Waals surface area contributed by atoms with E-state index in [1.165, 1.54) is 11.3 Å². The maximum atomic E-state index is 12.1. The SMILES string of the molecule is CCOc1cc(/C=N\NC(=O)Cc2ccc3nc(N)sc3c2)ccc1OC. The Bertz CT molecular complexity index is 984. The molecule has 0 atom stereocenters. The fourth-order valence-corrected chi connectivity index (χ4v) is 3.34. The van der Waals surface area contributed by atoms with Crippen LogP contribution in [0.25, 0.3) is 10.2 Å². The van der Waals surface area contributed by atoms with E-state index >= 15 is 0 Å². The first-order valence-corrected chi connectivity index (χ1v) is 9.18. The highest BCUT2D eigenvalue weighted by molar-refractivity contribution is 7.22. The largest absolute Gasteiger partial charge is 0.493 e. The molecule has 0 aliphatic rings. The molecule has 3 N–H and O–H groups in total. The average Bonchev–Trinajstić information content (AvgIpc) is 3.01. The van der Waals surface area contributed by atoms with Crippen molar-refractivity contribution in [2.24, 2.45) is 5.10 Å². The predicted octanol–water partition coefficient (Wildman–Crippen LogP) is 2.98. The molecule has 0 radical (unpaired) electrons. The molecule has 1 amide bonds. The number of methoxy groups -OCH3 is 1. The summed E-state index contributed by atoms with van der Waals surface area (Å²) in [7, 11) is 1.59. The van der Waals surface area contributed by atoms with Gasteiger partial charge in [-0.1, -0.05) is 17.4 Å². The number of aromatic nitrogens is 1. The van der Waals surface area contributed by atoms with Crippen LogP contribution in [0.15, 0.2) is 41.5 Å². The first kappa shape index (κ1) is 18.7. The molecular weight excluding hydrogens is 364 g/mol. The second kappa shape index (κ2) is 8.50. The number of thiazole rings is 1. The van der Waals surface area contributed by atoms with Crippen LogP contribution in [0.2, 0.25) is 0 Å². The summed E-state index contributed by atoms with van der Waals surface area (Å²) in [5, 5.41) is 4.53. The topological polar surface area (TPSA) is 98.8 Å². The van der Waals surface area contributed by atoms with Crippen LogP contribution in [0.5, 0.6) is 11.5 Å². The normalized spacial score (nSPS) is 11.0. The number of nitrogens with two attached hydrogens (primary N) is 1. The van der Waals surface area contributed by atoms with Gasteiger partial charge in [0.25, 0.3) is 0 Å². The van der Waals surface area contributed by atoms with Crippen LogP contribution in [-0.4, -0.2) is 30.8 Å². The molecule has 8 heteroatoms. The maximum Gasteiger partial charge on any atom is 0.244 e. The Morgan fingerprint density at radius 2 is 2.15 bits per heavy atom. The van der Waals surface area contributed by atoms with Gasteiger partial charge in [0.1, 0.15) is 0 Å². The third-order valence-electron chi connectivity index (χ3n) is 3.72. The summed E-state index contributed by atoms with van der Waals surface area (Å²) in [5.74, 6) is 1.08. The van der Waals surface area contributed by atoms with E-state index in [1.54, 1.807) is 25.5 Å². The zero-order valence-corrected chi connectivity index (χ0v) is 15.9. The molecular formula is C19H20N4O3S. The molecule has 1 heterocycles. The van der Waals surface area contributed by atoms with Crippen molar-refractivity contribution < 1.29 is 14.3 Å². The van der Waals surface area contributed by atoms with Crippen LogP contribution in [0.3, 0.4) is 0 Å². The Morgan fingerprint density at radius 1 is 1.30 bits per heavy atom. The first-order valence-electron chi connectivity index (χ1n) is 8.36. The van der Waals surface area contributed by atoms with Gasteiger partial charge in [-0.3, -0.25) is 4.79 Å². The van der Waals surface area contributed by atoms with Crippen molar-refractivity contribution in [2.45, 2.75) is 13.3 Å². The Morgan fingerprint density at radius 3 is 2.93 bits per heavy atom. The number of hydrogen-bond donors (Lipinski definition) is 2. The minimum Gasteiger partial charge on any atom is -0.493 e. The lowest BCUT2D eigenvalue weighted by Crippen LogP contribution is -2.19. The lowest BCUT2D eigenvalue weighted by atomic mass is 10.1. The molecule has 3 aromatic rings. The van der Waals surface area contributed by atoms with Crippen LogP contribution in [0.4, 0.5) is 5.13 Å². The van der Waals surface area contributed by atoms with E-state index < -0.39 is 0 Å². The Balaban J connectivity index is 1.61. The second-order valence-electron chi connectivity index (χ2n) is 5.67. The number of nitrogen functional groups attached to an aromatic ring is 1. The van der Waals surface area contributed by atoms with Gasteiger partial charge in [-0.25, -0.2) is 10.4 Å². The highest BCUT2D eigenvalue weighted by Gasteiger charge is 2.07. The van der Waals surface area contributed by atoms with E-state index in [0.29, 0.717) is 23.2 Å². The Hall–Kier alpha value is -3.13. The summed E-state index contributed by atoms with van der Waals surface area (Å²) < 4.78 is 11.7. The minimum absolute atomic E-state index is 0.207. The number of amides is 1. The number of ether oxygens (including phenoxy) is 2. The van der Waals surface area contributed by atoms with E-state index in [2.05, 4.69) is 15.5 Å². The number of hydrazone groups is 1. The van der Waals surface area contributed by atoms with E-state index in [1.807, 2.05) is 31.2 Å². The molecule has 0 fully saturated rings. The quantitative estimate of drug-likeness (QED) is 0.482. The average molecular weight is 384 g/mol. The molecule has 7 nitrogen and oxygen atoms in total. The number of fused-ring (bicyclic) bond motifs is 1. The smallest absolute Gasteiger partial charge is 0.244 e. The molecule has 2 aromatic carbocycles. The zero-order valence-electron chi connectivity index (χ0n) is 15.1. The highest BCUT2D eigenvalue weighted by atomic mass is 32.1. The third-order valence-corrected chi connectivity index (χ3v) is 4.57. The van der Waals surface area contributed by atoms with Crippen molar-refractivity contribution >= 4 is 38.8 Å². The van der Waals surface area contributed by atoms with Gasteiger partial charge < -0.3 is 15.2 Å². The molecule has 140 valence electrons. The van der Waals surface area contributed by atoms with Crippen molar-refractivity contribution in [3.63, 3.8) is 0 Å². The van der Waals surface area contributed by atoms with Gasteiger partial charge in [0.2, 0.25) is 5.91 Å². The van der Waals surface area contributed by atoms with Crippen molar-refractivity contribution in [1.82, 2.24) is 10.4 Å². The van der Waals surface area contributed by atoms with Gasteiger partial charge in [0, 0.05) is 0 Å². The molecule has 0 aliphatic heterocycles. The lowest BCUT2D eigenvalue weighted by Gasteiger charge is -2.09. The molecule has 0 unspecified atom stereocenters. The van der Waals surface area contributed by atoms with E-state index in [-0.39, 0.29) is 12.3 Å². The van der Waals surface area contributed by atoms with Crippen molar-refractivity contribution in [1.29, 1.82) is 0 Å². The summed E-state index contributed by atoms with van der Waals surface area (Å²) in [6.45, 7) is 2.43. The van der Waals surface area contributed by atoms with Crippen molar-refractivity contribution in [3.05, 3.63) is 47.5 Å². The molecule has 0 saturated carbocycles. The lowest BCUT2D eigenvalue weighted by molar-refractivity contribution is -0.120. The Kier molecular flexibility index (Phi) is 5.87. The molecule has 1 aromatic heterocycles. The van der Waals surface area contributed by atoms with Gasteiger partial charge in [-0.05, 0) is 48.4 Å². The van der Waals surface area contributed by atoms with Gasteiger partial charge in [0.05, 0.1) is 36.6 Å². The van der Waals surface area contributed by atoms with Crippen LogP contribution in [-0.2, 0) is 11.2 Å². The molecule has 0 spiro atoms. The van der Waals surface area contributed by atoms with Crippen LogP contribution in [0.1, 0.15) is 18.1 Å². The number of hydrogen-bond acceptors (Lipinski definition) is 7. The maximum absolute atomic E-state index is 12.1. The minimum atomic E-state index is -0.207. The molecule has 0 bridgehead atoms. The van der Waals surface area contributed by atoms with Crippen LogP contribution in [0, 0.1) is 0 Å². The third kappa shape index (κ3) is 4.73. The zero-order chi connectivity index (χ0) is 19.2. The van der Waals surface area contributed by atoms with Crippen molar-refractivity contribution in [3.8, 4) is 11.5 Å². The number of benzene rings is 2. The van der Waals surface area contributed by atoms with Crippen LogP contribution < -0.4 is 20.6 Å². The molecule has 27 heavy (non-hydrogen) atoms.